The van der Waals surface area contributed by atoms with Crippen molar-refractivity contribution in [1.29, 1.82) is 0 Å². The van der Waals surface area contributed by atoms with Crippen LogP contribution in [0.4, 0.5) is 8.78 Å². The second kappa shape index (κ2) is 4.96. The minimum atomic E-state index is -2.82. The number of benzene rings is 1. The number of likely N-dealkylation sites (N-methyl/N-ethyl adjacent to an activating group) is 1. The molecule has 0 amide bonds. The van der Waals surface area contributed by atoms with E-state index in [4.69, 9.17) is 0 Å². The van der Waals surface area contributed by atoms with Crippen LogP contribution in [0.1, 0.15) is 43.0 Å². The number of nitrogens with one attached hydrogen (secondary N) is 1. The number of hydrogen-bond donors (Lipinski definition) is 1. The van der Waals surface area contributed by atoms with E-state index < -0.39 is 5.92 Å². The third-order valence-electron chi connectivity index (χ3n) is 3.16. The molecule has 0 fully saturated rings. The van der Waals surface area contributed by atoms with Gasteiger partial charge in [0.05, 0.1) is 6.54 Å². The normalized spacial score (nSPS) is 12.9. The Kier molecular flexibility index (Phi) is 4.16. The number of aryl methyl sites for hydroxylation is 2. The van der Waals surface area contributed by atoms with Crippen molar-refractivity contribution in [3.8, 4) is 0 Å². The van der Waals surface area contributed by atoms with E-state index in [1.807, 2.05) is 12.1 Å². The van der Waals surface area contributed by atoms with Crippen LogP contribution in [0.2, 0.25) is 0 Å². The first-order chi connectivity index (χ1) is 8.09. The van der Waals surface area contributed by atoms with Crippen LogP contribution < -0.4 is 5.32 Å². The average Bonchev–Trinajstić information content (AvgIpc) is 2.13. The number of halogens is 2. The second-order valence-corrected chi connectivity index (χ2v) is 5.97. The quantitative estimate of drug-likeness (QED) is 0.863. The number of rotatable bonds is 3. The monoisotopic (exact) mass is 255 g/mol. The zero-order valence-corrected chi connectivity index (χ0v) is 12.1. The maximum atomic E-state index is 14.0. The molecule has 0 unspecified atom stereocenters. The van der Waals surface area contributed by atoms with Crippen LogP contribution in [0.15, 0.2) is 12.1 Å². The molecule has 3 heteroatoms. The van der Waals surface area contributed by atoms with Gasteiger partial charge in [-0.15, -0.1) is 0 Å². The first-order valence-corrected chi connectivity index (χ1v) is 6.24. The minimum Gasteiger partial charge on any atom is -0.314 e. The molecule has 0 heterocycles. The highest BCUT2D eigenvalue weighted by Crippen LogP contribution is 2.35. The van der Waals surface area contributed by atoms with Crippen molar-refractivity contribution in [2.45, 2.75) is 46.0 Å². The Labute approximate surface area is 109 Å². The maximum absolute atomic E-state index is 14.0. The molecule has 1 aromatic rings. The molecular weight excluding hydrogens is 232 g/mol. The molecule has 0 bridgehead atoms. The van der Waals surface area contributed by atoms with Crippen molar-refractivity contribution in [2.24, 2.45) is 0 Å². The fraction of sp³-hybridized carbons (Fsp3) is 0.600. The van der Waals surface area contributed by atoms with Crippen molar-refractivity contribution >= 4 is 0 Å². The van der Waals surface area contributed by atoms with Crippen LogP contribution in [-0.4, -0.2) is 13.6 Å². The van der Waals surface area contributed by atoms with Gasteiger partial charge in [0, 0.05) is 5.56 Å². The van der Waals surface area contributed by atoms with Gasteiger partial charge in [0.25, 0.3) is 5.92 Å². The molecule has 1 N–H and O–H groups in total. The maximum Gasteiger partial charge on any atom is 0.285 e. The molecule has 0 aliphatic rings. The van der Waals surface area contributed by atoms with Gasteiger partial charge < -0.3 is 5.32 Å². The summed E-state index contributed by atoms with van der Waals surface area (Å²) in [5, 5.41) is 2.56. The topological polar surface area (TPSA) is 12.0 Å². The molecule has 0 spiro atoms. The van der Waals surface area contributed by atoms with Gasteiger partial charge in [-0.3, -0.25) is 0 Å². The third-order valence-corrected chi connectivity index (χ3v) is 3.16. The van der Waals surface area contributed by atoms with E-state index in [0.29, 0.717) is 11.1 Å². The predicted molar refractivity (Wildman–Crippen MR) is 72.4 cm³/mol. The van der Waals surface area contributed by atoms with Gasteiger partial charge in [0.2, 0.25) is 0 Å². The molecule has 0 aromatic heterocycles. The Balaban J connectivity index is 3.33. The molecule has 0 aliphatic carbocycles. The van der Waals surface area contributed by atoms with Crippen LogP contribution in [-0.2, 0) is 11.3 Å². The fourth-order valence-electron chi connectivity index (χ4n) is 2.28. The highest BCUT2D eigenvalue weighted by molar-refractivity contribution is 5.43. The summed E-state index contributed by atoms with van der Waals surface area (Å²) in [4.78, 5) is 0. The summed E-state index contributed by atoms with van der Waals surface area (Å²) in [6, 6.07) is 3.76. The second-order valence-electron chi connectivity index (χ2n) is 5.97. The lowest BCUT2D eigenvalue weighted by Crippen LogP contribution is -2.30. The highest BCUT2D eigenvalue weighted by atomic mass is 19.3. The average molecular weight is 255 g/mol. The SMILES string of the molecule is CNCC(F)(F)c1c(C)cc(C(C)(C)C)cc1C. The van der Waals surface area contributed by atoms with Crippen molar-refractivity contribution < 1.29 is 8.78 Å². The van der Waals surface area contributed by atoms with Crippen LogP contribution >= 0.6 is 0 Å². The van der Waals surface area contributed by atoms with E-state index in [-0.39, 0.29) is 17.5 Å². The zero-order chi connectivity index (χ0) is 14.1. The molecule has 18 heavy (non-hydrogen) atoms. The van der Waals surface area contributed by atoms with Crippen molar-refractivity contribution in [2.75, 3.05) is 13.6 Å². The summed E-state index contributed by atoms with van der Waals surface area (Å²) < 4.78 is 28.1. The van der Waals surface area contributed by atoms with E-state index in [1.165, 1.54) is 0 Å². The first kappa shape index (κ1) is 15.1. The standard InChI is InChI=1S/C15H23F2N/c1-10-7-12(14(3,4)5)8-11(2)13(10)15(16,17)9-18-6/h7-8,18H,9H2,1-6H3. The van der Waals surface area contributed by atoms with Gasteiger partial charge in [0.1, 0.15) is 0 Å². The van der Waals surface area contributed by atoms with E-state index in [1.54, 1.807) is 20.9 Å². The lowest BCUT2D eigenvalue weighted by Gasteiger charge is -2.25. The van der Waals surface area contributed by atoms with Gasteiger partial charge in [0.15, 0.2) is 0 Å². The summed E-state index contributed by atoms with van der Waals surface area (Å²) in [7, 11) is 1.54. The smallest absolute Gasteiger partial charge is 0.285 e. The fourth-order valence-corrected chi connectivity index (χ4v) is 2.28. The summed E-state index contributed by atoms with van der Waals surface area (Å²) in [6.45, 7) is 9.47. The Morgan fingerprint density at radius 1 is 1.06 bits per heavy atom. The predicted octanol–water partition coefficient (Wildman–Crippen LogP) is 3.91. The van der Waals surface area contributed by atoms with Crippen LogP contribution in [0.3, 0.4) is 0 Å². The van der Waals surface area contributed by atoms with E-state index in [0.717, 1.165) is 5.56 Å². The number of hydrogen-bond acceptors (Lipinski definition) is 1. The Bertz CT molecular complexity index is 408. The molecule has 1 nitrogen and oxygen atoms in total. The Morgan fingerprint density at radius 2 is 1.50 bits per heavy atom. The van der Waals surface area contributed by atoms with E-state index in [9.17, 15) is 8.78 Å². The first-order valence-electron chi connectivity index (χ1n) is 6.24. The van der Waals surface area contributed by atoms with Crippen molar-refractivity contribution in [1.82, 2.24) is 5.32 Å². The van der Waals surface area contributed by atoms with E-state index >= 15 is 0 Å². The van der Waals surface area contributed by atoms with Crippen LogP contribution in [0, 0.1) is 13.8 Å². The summed E-state index contributed by atoms with van der Waals surface area (Å²) in [5.74, 6) is -2.82. The minimum absolute atomic E-state index is 0.0215. The molecular formula is C15H23F2N. The molecule has 0 radical (unpaired) electrons. The van der Waals surface area contributed by atoms with Crippen molar-refractivity contribution in [3.63, 3.8) is 0 Å². The Morgan fingerprint density at radius 3 is 1.83 bits per heavy atom. The Hall–Kier alpha value is -0.960. The van der Waals surface area contributed by atoms with Gasteiger partial charge >= 0.3 is 0 Å². The molecule has 1 rings (SSSR count). The van der Waals surface area contributed by atoms with Crippen LogP contribution in [0.25, 0.3) is 0 Å². The van der Waals surface area contributed by atoms with Crippen molar-refractivity contribution in [3.05, 3.63) is 34.4 Å². The summed E-state index contributed by atoms with van der Waals surface area (Å²) in [6.07, 6.45) is 0. The molecule has 1 aromatic carbocycles. The molecule has 0 saturated carbocycles. The van der Waals surface area contributed by atoms with Gasteiger partial charge in [-0.25, -0.2) is 0 Å². The van der Waals surface area contributed by atoms with Crippen LogP contribution in [0.5, 0.6) is 0 Å². The molecule has 0 saturated heterocycles. The largest absolute Gasteiger partial charge is 0.314 e. The lowest BCUT2D eigenvalue weighted by atomic mass is 9.83. The third kappa shape index (κ3) is 3.08. The summed E-state index contributed by atoms with van der Waals surface area (Å²) in [5.41, 5.74) is 2.57. The van der Waals surface area contributed by atoms with Gasteiger partial charge in [-0.2, -0.15) is 8.78 Å². The summed E-state index contributed by atoms with van der Waals surface area (Å²) >= 11 is 0. The highest BCUT2D eigenvalue weighted by Gasteiger charge is 2.34. The van der Waals surface area contributed by atoms with Gasteiger partial charge in [-0.05, 0) is 43.0 Å². The molecule has 102 valence electrons. The molecule has 0 aliphatic heterocycles. The lowest BCUT2D eigenvalue weighted by molar-refractivity contribution is -0.00251. The molecule has 0 atom stereocenters. The van der Waals surface area contributed by atoms with Gasteiger partial charge in [-0.1, -0.05) is 32.9 Å². The zero-order valence-electron chi connectivity index (χ0n) is 12.1. The van der Waals surface area contributed by atoms with E-state index in [2.05, 4.69) is 26.1 Å². The number of alkyl halides is 2.